The number of hydrogen-bond acceptors (Lipinski definition) is 1. The number of carbonyl (C=O) groups excluding carboxylic acids is 1. The fourth-order valence-corrected chi connectivity index (χ4v) is 2.12. The van der Waals surface area contributed by atoms with Gasteiger partial charge in [-0.15, -0.1) is 0 Å². The zero-order chi connectivity index (χ0) is 15.4. The van der Waals surface area contributed by atoms with E-state index in [0.29, 0.717) is 11.1 Å². The first-order chi connectivity index (χ1) is 10.7. The van der Waals surface area contributed by atoms with E-state index in [1.807, 2.05) is 18.3 Å². The highest BCUT2D eigenvalue weighted by Gasteiger charge is 2.05. The van der Waals surface area contributed by atoms with Crippen LogP contribution in [0.5, 0.6) is 0 Å². The summed E-state index contributed by atoms with van der Waals surface area (Å²) >= 11 is 0. The Bertz CT molecular complexity index is 886. The van der Waals surface area contributed by atoms with Crippen molar-refractivity contribution in [3.63, 3.8) is 0 Å². The van der Waals surface area contributed by atoms with Gasteiger partial charge in [-0.3, -0.25) is 4.79 Å². The molecule has 0 aliphatic carbocycles. The van der Waals surface area contributed by atoms with Crippen LogP contribution < -0.4 is 5.32 Å². The smallest absolute Gasteiger partial charge is 0.252 e. The molecule has 3 nitrogen and oxygen atoms in total. The summed E-state index contributed by atoms with van der Waals surface area (Å²) in [6.45, 7) is 0.163. The molecule has 0 saturated heterocycles. The highest BCUT2D eigenvalue weighted by molar-refractivity contribution is 5.98. The Morgan fingerprint density at radius 1 is 1.18 bits per heavy atom. The number of aromatic nitrogens is 1. The molecule has 0 unspecified atom stereocenters. The maximum absolute atomic E-state index is 13.4. The van der Waals surface area contributed by atoms with Crippen LogP contribution in [0.2, 0.25) is 0 Å². The third-order valence-electron chi connectivity index (χ3n) is 3.25. The normalized spacial score (nSPS) is 10.0. The number of H-pyrrole nitrogens is 1. The number of benzene rings is 2. The van der Waals surface area contributed by atoms with Crippen LogP contribution in [0.4, 0.5) is 4.39 Å². The number of rotatable bonds is 2. The van der Waals surface area contributed by atoms with Gasteiger partial charge in [-0.1, -0.05) is 30.0 Å². The average Bonchev–Trinajstić information content (AvgIpc) is 3.00. The zero-order valence-corrected chi connectivity index (χ0v) is 11.7. The minimum atomic E-state index is -0.362. The summed E-state index contributed by atoms with van der Waals surface area (Å²) in [6, 6.07) is 13.7. The first-order valence-electron chi connectivity index (χ1n) is 6.83. The van der Waals surface area contributed by atoms with E-state index in [2.05, 4.69) is 22.1 Å². The number of aromatic amines is 1. The van der Waals surface area contributed by atoms with E-state index in [9.17, 15) is 9.18 Å². The Morgan fingerprint density at radius 2 is 2.05 bits per heavy atom. The van der Waals surface area contributed by atoms with Gasteiger partial charge < -0.3 is 10.3 Å². The second kappa shape index (κ2) is 6.15. The molecule has 0 aliphatic heterocycles. The first-order valence-corrected chi connectivity index (χ1v) is 6.83. The molecule has 4 heteroatoms. The number of fused-ring (bicyclic) bond motifs is 1. The summed E-state index contributed by atoms with van der Waals surface area (Å²) in [5.74, 6) is 4.87. The van der Waals surface area contributed by atoms with E-state index in [1.54, 1.807) is 30.3 Å². The highest BCUT2D eigenvalue weighted by Crippen LogP contribution is 2.13. The second-order valence-corrected chi connectivity index (χ2v) is 4.74. The molecule has 1 aromatic heterocycles. The molecule has 0 spiro atoms. The highest BCUT2D eigenvalue weighted by atomic mass is 19.1. The summed E-state index contributed by atoms with van der Waals surface area (Å²) in [6.07, 6.45) is 1.83. The molecule has 3 aromatic rings. The molecule has 108 valence electrons. The van der Waals surface area contributed by atoms with Crippen molar-refractivity contribution in [2.75, 3.05) is 6.54 Å². The molecule has 22 heavy (non-hydrogen) atoms. The van der Waals surface area contributed by atoms with Gasteiger partial charge in [0.1, 0.15) is 5.82 Å². The lowest BCUT2D eigenvalue weighted by Gasteiger charge is -2.01. The molecular weight excluding hydrogens is 279 g/mol. The van der Waals surface area contributed by atoms with Crippen LogP contribution in [-0.4, -0.2) is 17.4 Å². The fourth-order valence-electron chi connectivity index (χ4n) is 2.12. The topological polar surface area (TPSA) is 44.9 Å². The monoisotopic (exact) mass is 292 g/mol. The van der Waals surface area contributed by atoms with Gasteiger partial charge >= 0.3 is 0 Å². The van der Waals surface area contributed by atoms with Gasteiger partial charge in [0.2, 0.25) is 0 Å². The molecule has 1 heterocycles. The van der Waals surface area contributed by atoms with Gasteiger partial charge in [-0.2, -0.15) is 0 Å². The Morgan fingerprint density at radius 3 is 2.91 bits per heavy atom. The Hall–Kier alpha value is -3.06. The maximum atomic E-state index is 13.4. The standard InChI is InChI=1S/C18H13FN2O/c19-16-6-2-1-4-13(16)5-3-10-21-18(22)15-8-7-14-9-11-20-17(14)12-15/h1-2,4,6-9,11-12,20H,10H2,(H,21,22). The van der Waals surface area contributed by atoms with E-state index in [4.69, 9.17) is 0 Å². The Kier molecular flexibility index (Phi) is 3.88. The molecule has 2 aromatic carbocycles. The summed E-state index contributed by atoms with van der Waals surface area (Å²) in [7, 11) is 0. The molecule has 0 aliphatic rings. The molecule has 2 N–H and O–H groups in total. The number of nitrogens with one attached hydrogen (secondary N) is 2. The van der Waals surface area contributed by atoms with Crippen molar-refractivity contribution < 1.29 is 9.18 Å². The van der Waals surface area contributed by atoms with Gasteiger partial charge in [0.25, 0.3) is 5.91 Å². The number of amides is 1. The van der Waals surface area contributed by atoms with Crippen LogP contribution in [0.15, 0.2) is 54.7 Å². The molecule has 3 rings (SSSR count). The van der Waals surface area contributed by atoms with Crippen LogP contribution in [-0.2, 0) is 0 Å². The van der Waals surface area contributed by atoms with Gasteiger partial charge in [0.05, 0.1) is 12.1 Å². The molecule has 0 bridgehead atoms. The number of carbonyl (C=O) groups is 1. The van der Waals surface area contributed by atoms with Crippen molar-refractivity contribution in [1.82, 2.24) is 10.3 Å². The van der Waals surface area contributed by atoms with Gasteiger partial charge in [-0.25, -0.2) is 4.39 Å². The van der Waals surface area contributed by atoms with Crippen molar-refractivity contribution in [1.29, 1.82) is 0 Å². The SMILES string of the molecule is O=C(NCC#Cc1ccccc1F)c1ccc2cc[nH]c2c1. The summed E-state index contributed by atoms with van der Waals surface area (Å²) in [5.41, 5.74) is 1.79. The Balaban J connectivity index is 1.64. The molecule has 0 radical (unpaired) electrons. The number of hydrogen-bond donors (Lipinski definition) is 2. The van der Waals surface area contributed by atoms with Crippen LogP contribution in [0, 0.1) is 17.7 Å². The second-order valence-electron chi connectivity index (χ2n) is 4.74. The fraction of sp³-hybridized carbons (Fsp3) is 0.0556. The predicted octanol–water partition coefficient (Wildman–Crippen LogP) is 3.09. The van der Waals surface area contributed by atoms with E-state index in [0.717, 1.165) is 10.9 Å². The van der Waals surface area contributed by atoms with Crippen molar-refractivity contribution in [3.05, 3.63) is 71.7 Å². The van der Waals surface area contributed by atoms with E-state index in [1.165, 1.54) is 6.07 Å². The van der Waals surface area contributed by atoms with Crippen LogP contribution in [0.1, 0.15) is 15.9 Å². The van der Waals surface area contributed by atoms with Gasteiger partial charge in [-0.05, 0) is 35.7 Å². The van der Waals surface area contributed by atoms with Crippen LogP contribution in [0.25, 0.3) is 10.9 Å². The quantitative estimate of drug-likeness (QED) is 0.700. The van der Waals surface area contributed by atoms with Gasteiger partial charge in [0, 0.05) is 17.3 Å². The summed E-state index contributed by atoms with van der Waals surface area (Å²) in [5, 5.41) is 3.75. The minimum absolute atomic E-state index is 0.163. The predicted molar refractivity (Wildman–Crippen MR) is 83.9 cm³/mol. The third-order valence-corrected chi connectivity index (χ3v) is 3.25. The third kappa shape index (κ3) is 2.99. The molecule has 0 saturated carbocycles. The lowest BCUT2D eigenvalue weighted by Crippen LogP contribution is -2.23. The maximum Gasteiger partial charge on any atom is 0.252 e. The van der Waals surface area contributed by atoms with Crippen molar-refractivity contribution in [2.24, 2.45) is 0 Å². The largest absolute Gasteiger partial charge is 0.361 e. The Labute approximate surface area is 127 Å². The van der Waals surface area contributed by atoms with Gasteiger partial charge in [0.15, 0.2) is 0 Å². The lowest BCUT2D eigenvalue weighted by atomic mass is 10.1. The molecule has 1 amide bonds. The number of halogens is 1. The average molecular weight is 292 g/mol. The first kappa shape index (κ1) is 13.9. The van der Waals surface area contributed by atoms with E-state index < -0.39 is 0 Å². The van der Waals surface area contributed by atoms with Crippen molar-refractivity contribution in [3.8, 4) is 11.8 Å². The van der Waals surface area contributed by atoms with E-state index >= 15 is 0 Å². The van der Waals surface area contributed by atoms with Crippen LogP contribution in [0.3, 0.4) is 0 Å². The summed E-state index contributed by atoms with van der Waals surface area (Å²) < 4.78 is 13.4. The van der Waals surface area contributed by atoms with Crippen molar-refractivity contribution >= 4 is 16.8 Å². The molecule has 0 atom stereocenters. The molecule has 0 fully saturated rings. The summed E-state index contributed by atoms with van der Waals surface area (Å²) in [4.78, 5) is 15.1. The zero-order valence-electron chi connectivity index (χ0n) is 11.7. The van der Waals surface area contributed by atoms with Crippen molar-refractivity contribution in [2.45, 2.75) is 0 Å². The van der Waals surface area contributed by atoms with Crippen LogP contribution >= 0.6 is 0 Å². The molecular formula is C18H13FN2O. The van der Waals surface area contributed by atoms with E-state index in [-0.39, 0.29) is 18.3 Å². The lowest BCUT2D eigenvalue weighted by molar-refractivity contribution is 0.0959. The minimum Gasteiger partial charge on any atom is -0.361 e.